The lowest BCUT2D eigenvalue weighted by atomic mass is 10.1. The number of nitrogens with one attached hydrogen (secondary N) is 1. The van der Waals surface area contributed by atoms with E-state index in [-0.39, 0.29) is 11.6 Å². The van der Waals surface area contributed by atoms with Crippen LogP contribution in [-0.4, -0.2) is 17.4 Å². The van der Waals surface area contributed by atoms with E-state index in [1.165, 1.54) is 18.2 Å². The lowest BCUT2D eigenvalue weighted by molar-refractivity contribution is -0.384. The second-order valence-corrected chi connectivity index (χ2v) is 5.21. The Morgan fingerprint density at radius 2 is 2.22 bits per heavy atom. The van der Waals surface area contributed by atoms with E-state index in [0.717, 1.165) is 12.8 Å². The van der Waals surface area contributed by atoms with Crippen LogP contribution in [-0.2, 0) is 4.79 Å². The monoisotopic (exact) mass is 313 g/mol. The quantitative estimate of drug-likeness (QED) is 0.656. The first kappa shape index (κ1) is 13.0. The summed E-state index contributed by atoms with van der Waals surface area (Å²) >= 11 is 3.20. The molecule has 1 fully saturated rings. The van der Waals surface area contributed by atoms with Crippen molar-refractivity contribution in [3.63, 3.8) is 0 Å². The molecule has 6 nitrogen and oxygen atoms in total. The van der Waals surface area contributed by atoms with Crippen LogP contribution in [0.25, 0.3) is 0 Å². The number of nitrogens with two attached hydrogens (primary N) is 1. The predicted molar refractivity (Wildman–Crippen MR) is 70.1 cm³/mol. The molecule has 1 saturated carbocycles. The van der Waals surface area contributed by atoms with Gasteiger partial charge in [-0.1, -0.05) is 0 Å². The van der Waals surface area contributed by atoms with Crippen LogP contribution in [0, 0.1) is 15.5 Å². The van der Waals surface area contributed by atoms with E-state index in [9.17, 15) is 14.9 Å². The molecule has 7 heteroatoms. The highest BCUT2D eigenvalue weighted by Crippen LogP contribution is 2.45. The van der Waals surface area contributed by atoms with Crippen LogP contribution < -0.4 is 11.1 Å². The minimum Gasteiger partial charge on any atom is -0.329 e. The summed E-state index contributed by atoms with van der Waals surface area (Å²) in [4.78, 5) is 22.0. The van der Waals surface area contributed by atoms with Crippen molar-refractivity contribution in [2.24, 2.45) is 11.1 Å². The highest BCUT2D eigenvalue weighted by molar-refractivity contribution is 9.10. The molecule has 2 rings (SSSR count). The molecule has 0 spiro atoms. The number of nitro benzene ring substituents is 1. The molecule has 0 atom stereocenters. The molecule has 1 aliphatic rings. The van der Waals surface area contributed by atoms with Crippen molar-refractivity contribution < 1.29 is 9.72 Å². The molecule has 1 aromatic rings. The second kappa shape index (κ2) is 4.66. The number of nitrogens with zero attached hydrogens (tertiary/aromatic N) is 1. The largest absolute Gasteiger partial charge is 0.329 e. The number of hydrogen-bond acceptors (Lipinski definition) is 4. The van der Waals surface area contributed by atoms with Gasteiger partial charge in [-0.2, -0.15) is 0 Å². The van der Waals surface area contributed by atoms with Crippen LogP contribution in [0.4, 0.5) is 11.4 Å². The summed E-state index contributed by atoms with van der Waals surface area (Å²) in [7, 11) is 0. The zero-order valence-corrected chi connectivity index (χ0v) is 11.1. The Hall–Kier alpha value is -1.47. The molecule has 1 aliphatic carbocycles. The fourth-order valence-electron chi connectivity index (χ4n) is 1.65. The Kier molecular flexibility index (Phi) is 3.36. The van der Waals surface area contributed by atoms with Crippen molar-refractivity contribution in [2.75, 3.05) is 11.9 Å². The molecular formula is C11H12BrN3O3. The lowest BCUT2D eigenvalue weighted by Gasteiger charge is -2.13. The van der Waals surface area contributed by atoms with Crippen molar-refractivity contribution in [3.8, 4) is 0 Å². The van der Waals surface area contributed by atoms with E-state index in [4.69, 9.17) is 5.73 Å². The third-order valence-corrected chi connectivity index (χ3v) is 3.79. The van der Waals surface area contributed by atoms with Gasteiger partial charge in [0.25, 0.3) is 5.69 Å². The van der Waals surface area contributed by atoms with Gasteiger partial charge in [-0.05, 0) is 34.8 Å². The number of halogens is 1. The number of amides is 1. The van der Waals surface area contributed by atoms with Crippen molar-refractivity contribution >= 4 is 33.2 Å². The van der Waals surface area contributed by atoms with Crippen molar-refractivity contribution in [1.82, 2.24) is 0 Å². The molecule has 0 radical (unpaired) electrons. The van der Waals surface area contributed by atoms with E-state index in [1.807, 2.05) is 0 Å². The minimum absolute atomic E-state index is 0.0279. The fraction of sp³-hybridized carbons (Fsp3) is 0.364. The SMILES string of the molecule is NCC1(C(=O)Nc2ccc([N+](=O)[O-])cc2Br)CC1. The first-order valence-electron chi connectivity index (χ1n) is 5.44. The average Bonchev–Trinajstić information content (AvgIpc) is 3.12. The first-order chi connectivity index (χ1) is 8.48. The van der Waals surface area contributed by atoms with Gasteiger partial charge in [0.15, 0.2) is 0 Å². The van der Waals surface area contributed by atoms with E-state index >= 15 is 0 Å². The first-order valence-corrected chi connectivity index (χ1v) is 6.23. The summed E-state index contributed by atoms with van der Waals surface area (Å²) < 4.78 is 0.484. The van der Waals surface area contributed by atoms with Gasteiger partial charge in [0.05, 0.1) is 16.0 Å². The predicted octanol–water partition coefficient (Wildman–Crippen LogP) is 2.03. The van der Waals surface area contributed by atoms with Crippen LogP contribution >= 0.6 is 15.9 Å². The Morgan fingerprint density at radius 1 is 1.56 bits per heavy atom. The zero-order chi connectivity index (χ0) is 13.3. The van der Waals surface area contributed by atoms with Gasteiger partial charge in [0.1, 0.15) is 0 Å². The third-order valence-electron chi connectivity index (χ3n) is 3.14. The van der Waals surface area contributed by atoms with E-state index < -0.39 is 10.3 Å². The number of nitro groups is 1. The standard InChI is InChI=1S/C11H12BrN3O3/c12-8-5-7(15(17)18)1-2-9(8)14-10(16)11(6-13)3-4-11/h1-2,5H,3-4,6,13H2,(H,14,16). The molecule has 18 heavy (non-hydrogen) atoms. The summed E-state index contributed by atoms with van der Waals surface area (Å²) in [5, 5.41) is 13.3. The van der Waals surface area contributed by atoms with E-state index in [2.05, 4.69) is 21.2 Å². The van der Waals surface area contributed by atoms with Gasteiger partial charge in [0.2, 0.25) is 5.91 Å². The Balaban J connectivity index is 2.15. The van der Waals surface area contributed by atoms with Gasteiger partial charge < -0.3 is 11.1 Å². The van der Waals surface area contributed by atoms with Crippen molar-refractivity contribution in [1.29, 1.82) is 0 Å². The van der Waals surface area contributed by atoms with Gasteiger partial charge in [0, 0.05) is 23.2 Å². The Bertz CT molecular complexity index is 514. The van der Waals surface area contributed by atoms with Crippen LogP contribution in [0.3, 0.4) is 0 Å². The van der Waals surface area contributed by atoms with Crippen LogP contribution in [0.1, 0.15) is 12.8 Å². The second-order valence-electron chi connectivity index (χ2n) is 4.36. The van der Waals surface area contributed by atoms with Gasteiger partial charge in [-0.25, -0.2) is 0 Å². The molecular weight excluding hydrogens is 302 g/mol. The van der Waals surface area contributed by atoms with E-state index in [1.54, 1.807) is 0 Å². The zero-order valence-electron chi connectivity index (χ0n) is 9.48. The Labute approximate surface area is 112 Å². The molecule has 1 aromatic carbocycles. The van der Waals surface area contributed by atoms with Crippen molar-refractivity contribution in [2.45, 2.75) is 12.8 Å². The molecule has 0 heterocycles. The summed E-state index contributed by atoms with van der Waals surface area (Å²) in [6.45, 7) is 0.323. The third kappa shape index (κ3) is 2.37. The normalized spacial score (nSPS) is 16.1. The smallest absolute Gasteiger partial charge is 0.270 e. The highest BCUT2D eigenvalue weighted by atomic mass is 79.9. The topological polar surface area (TPSA) is 98.3 Å². The van der Waals surface area contributed by atoms with Gasteiger partial charge in [-0.3, -0.25) is 14.9 Å². The number of rotatable bonds is 4. The molecule has 0 bridgehead atoms. The summed E-state index contributed by atoms with van der Waals surface area (Å²) in [5.74, 6) is -0.125. The molecule has 96 valence electrons. The summed E-state index contributed by atoms with van der Waals surface area (Å²) in [6.07, 6.45) is 1.58. The Morgan fingerprint density at radius 3 is 2.67 bits per heavy atom. The number of hydrogen-bond donors (Lipinski definition) is 2. The number of carbonyl (C=O) groups excluding carboxylic acids is 1. The molecule has 3 N–H and O–H groups in total. The number of benzene rings is 1. The number of carbonyl (C=O) groups is 1. The lowest BCUT2D eigenvalue weighted by Crippen LogP contribution is -2.30. The van der Waals surface area contributed by atoms with Crippen molar-refractivity contribution in [3.05, 3.63) is 32.8 Å². The van der Waals surface area contributed by atoms with Crippen LogP contribution in [0.15, 0.2) is 22.7 Å². The molecule has 1 amide bonds. The fourth-order valence-corrected chi connectivity index (χ4v) is 2.11. The maximum Gasteiger partial charge on any atom is 0.270 e. The number of non-ortho nitro benzene ring substituents is 1. The van der Waals surface area contributed by atoms with Gasteiger partial charge >= 0.3 is 0 Å². The van der Waals surface area contributed by atoms with Gasteiger partial charge in [-0.15, -0.1) is 0 Å². The average molecular weight is 314 g/mol. The van der Waals surface area contributed by atoms with Crippen LogP contribution in [0.2, 0.25) is 0 Å². The van der Waals surface area contributed by atoms with E-state index in [0.29, 0.717) is 16.7 Å². The molecule has 0 unspecified atom stereocenters. The highest BCUT2D eigenvalue weighted by Gasteiger charge is 2.48. The molecule has 0 aromatic heterocycles. The minimum atomic E-state index is -0.487. The number of anilines is 1. The van der Waals surface area contributed by atoms with Crippen LogP contribution in [0.5, 0.6) is 0 Å². The maximum absolute atomic E-state index is 12.0. The molecule has 0 saturated heterocycles. The summed E-state index contributed by atoms with van der Waals surface area (Å²) in [5.41, 5.74) is 5.61. The summed E-state index contributed by atoms with van der Waals surface area (Å²) in [6, 6.07) is 4.22. The molecule has 0 aliphatic heterocycles. The maximum atomic E-state index is 12.0.